The third kappa shape index (κ3) is 2.73. The molecule has 0 radical (unpaired) electrons. The summed E-state index contributed by atoms with van der Waals surface area (Å²) in [6.07, 6.45) is 0. The molecule has 0 aliphatic carbocycles. The lowest BCUT2D eigenvalue weighted by Gasteiger charge is -2.37. The van der Waals surface area contributed by atoms with Gasteiger partial charge in [-0.3, -0.25) is 9.59 Å². The zero-order valence-electron chi connectivity index (χ0n) is 16.3. The molecule has 2 heterocycles. The smallest absolute Gasteiger partial charge is 0.255 e. The van der Waals surface area contributed by atoms with Crippen molar-refractivity contribution < 1.29 is 9.59 Å². The van der Waals surface area contributed by atoms with Crippen LogP contribution in [0, 0.1) is 0 Å². The van der Waals surface area contributed by atoms with Gasteiger partial charge in [0.15, 0.2) is 0 Å². The molecule has 0 fully saturated rings. The van der Waals surface area contributed by atoms with E-state index in [2.05, 4.69) is 0 Å². The molecule has 0 aromatic heterocycles. The molecule has 2 amide bonds. The monoisotopic (exact) mass is 416 g/mol. The number of halogens is 2. The number of carbonyl (C=O) groups is 2. The summed E-state index contributed by atoms with van der Waals surface area (Å²) in [5, 5.41) is 1.12. The quantitative estimate of drug-likeness (QED) is 0.685. The Morgan fingerprint density at radius 2 is 1.68 bits per heavy atom. The molecule has 146 valence electrons. The number of fused-ring (bicyclic) bond motifs is 2. The third-order valence-corrected chi connectivity index (χ3v) is 6.56. The van der Waals surface area contributed by atoms with Crippen molar-refractivity contribution >= 4 is 35.0 Å². The molecule has 0 saturated carbocycles. The van der Waals surface area contributed by atoms with Crippen molar-refractivity contribution in [3.63, 3.8) is 0 Å². The average molecular weight is 417 g/mol. The number of carbonyl (C=O) groups excluding carboxylic acids is 2. The van der Waals surface area contributed by atoms with Gasteiger partial charge in [0, 0.05) is 40.8 Å². The lowest BCUT2D eigenvalue weighted by molar-refractivity contribution is 0.0568. The summed E-state index contributed by atoms with van der Waals surface area (Å²) in [6.45, 7) is 8.97. The molecule has 28 heavy (non-hydrogen) atoms. The predicted octanol–water partition coefficient (Wildman–Crippen LogP) is 5.25. The van der Waals surface area contributed by atoms with Gasteiger partial charge in [-0.25, -0.2) is 0 Å². The molecular formula is C22H22Cl2N2O2. The number of rotatable bonds is 3. The Bertz CT molecular complexity index is 1010. The minimum absolute atomic E-state index is 0.00977. The molecule has 0 atom stereocenters. The molecule has 0 unspecified atom stereocenters. The molecule has 2 aliphatic rings. The zero-order valence-corrected chi connectivity index (χ0v) is 17.9. The van der Waals surface area contributed by atoms with Crippen LogP contribution in [0.4, 0.5) is 0 Å². The van der Waals surface area contributed by atoms with Crippen LogP contribution < -0.4 is 0 Å². The van der Waals surface area contributed by atoms with E-state index in [1.165, 1.54) is 0 Å². The summed E-state index contributed by atoms with van der Waals surface area (Å²) in [4.78, 5) is 29.3. The average Bonchev–Trinajstić information content (AvgIpc) is 3.14. The van der Waals surface area contributed by atoms with Gasteiger partial charge in [0.2, 0.25) is 0 Å². The highest BCUT2D eigenvalue weighted by Gasteiger charge is 2.41. The Hall–Kier alpha value is -2.04. The second-order valence-corrected chi connectivity index (χ2v) is 9.05. The van der Waals surface area contributed by atoms with Crippen LogP contribution in [0.25, 0.3) is 0 Å². The van der Waals surface area contributed by atoms with Crippen molar-refractivity contribution in [3.05, 3.63) is 68.2 Å². The highest BCUT2D eigenvalue weighted by Crippen LogP contribution is 2.42. The maximum absolute atomic E-state index is 13.1. The Morgan fingerprint density at radius 3 is 2.36 bits per heavy atom. The van der Waals surface area contributed by atoms with Gasteiger partial charge in [-0.1, -0.05) is 35.3 Å². The van der Waals surface area contributed by atoms with E-state index in [9.17, 15) is 9.59 Å². The molecular weight excluding hydrogens is 395 g/mol. The van der Waals surface area contributed by atoms with Crippen LogP contribution in [-0.4, -0.2) is 27.7 Å². The van der Waals surface area contributed by atoms with Crippen LogP contribution >= 0.6 is 23.2 Å². The van der Waals surface area contributed by atoms with E-state index in [1.807, 2.05) is 55.7 Å². The number of hydrogen-bond donors (Lipinski definition) is 0. The maximum Gasteiger partial charge on any atom is 0.255 e. The number of benzene rings is 2. The largest absolute Gasteiger partial charge is 0.332 e. The van der Waals surface area contributed by atoms with Crippen LogP contribution in [0.5, 0.6) is 0 Å². The highest BCUT2D eigenvalue weighted by molar-refractivity contribution is 6.33. The topological polar surface area (TPSA) is 40.6 Å². The van der Waals surface area contributed by atoms with Crippen LogP contribution in [0.1, 0.15) is 65.1 Å². The first-order chi connectivity index (χ1) is 13.1. The lowest BCUT2D eigenvalue weighted by Crippen LogP contribution is -2.42. The Morgan fingerprint density at radius 1 is 0.964 bits per heavy atom. The Kier molecular flexibility index (Phi) is 4.48. The van der Waals surface area contributed by atoms with Crippen LogP contribution in [0.15, 0.2) is 30.3 Å². The SMILES string of the molecule is CC(C)N1Cc2c(ccc(C(C)(C)N3Cc4ccc(Cl)cc4C3=O)c2Cl)C1=O. The Balaban J connectivity index is 1.74. The first kappa shape index (κ1) is 19.3. The number of hydrogen-bond acceptors (Lipinski definition) is 2. The molecule has 2 aromatic carbocycles. The fourth-order valence-corrected chi connectivity index (χ4v) is 4.76. The molecule has 0 spiro atoms. The fourth-order valence-electron chi connectivity index (χ4n) is 4.13. The summed E-state index contributed by atoms with van der Waals surface area (Å²) in [5.41, 5.74) is 3.31. The number of amides is 2. The van der Waals surface area contributed by atoms with E-state index in [4.69, 9.17) is 23.2 Å². The van der Waals surface area contributed by atoms with Crippen LogP contribution in [0.3, 0.4) is 0 Å². The zero-order chi connectivity index (χ0) is 20.4. The summed E-state index contributed by atoms with van der Waals surface area (Å²) in [7, 11) is 0. The first-order valence-corrected chi connectivity index (χ1v) is 10.1. The molecule has 2 aliphatic heterocycles. The van der Waals surface area contributed by atoms with E-state index in [-0.39, 0.29) is 17.9 Å². The molecule has 2 aromatic rings. The second kappa shape index (κ2) is 6.50. The summed E-state index contributed by atoms with van der Waals surface area (Å²) >= 11 is 12.9. The minimum Gasteiger partial charge on any atom is -0.332 e. The van der Waals surface area contributed by atoms with Crippen molar-refractivity contribution in [1.82, 2.24) is 9.80 Å². The van der Waals surface area contributed by atoms with E-state index < -0.39 is 5.54 Å². The molecule has 4 nitrogen and oxygen atoms in total. The third-order valence-electron chi connectivity index (χ3n) is 5.90. The second-order valence-electron chi connectivity index (χ2n) is 8.23. The fraction of sp³-hybridized carbons (Fsp3) is 0.364. The van der Waals surface area contributed by atoms with E-state index >= 15 is 0 Å². The van der Waals surface area contributed by atoms with Gasteiger partial charge in [0.25, 0.3) is 11.8 Å². The van der Waals surface area contributed by atoms with Gasteiger partial charge in [0.1, 0.15) is 0 Å². The van der Waals surface area contributed by atoms with Gasteiger partial charge in [-0.05, 0) is 57.0 Å². The maximum atomic E-state index is 13.1. The summed E-state index contributed by atoms with van der Waals surface area (Å²) in [6, 6.07) is 9.25. The summed E-state index contributed by atoms with van der Waals surface area (Å²) < 4.78 is 0. The van der Waals surface area contributed by atoms with Gasteiger partial charge in [-0.15, -0.1) is 0 Å². The van der Waals surface area contributed by atoms with Crippen molar-refractivity contribution in [2.24, 2.45) is 0 Å². The van der Waals surface area contributed by atoms with Gasteiger partial charge in [-0.2, -0.15) is 0 Å². The minimum atomic E-state index is -0.636. The van der Waals surface area contributed by atoms with Crippen molar-refractivity contribution in [1.29, 1.82) is 0 Å². The van der Waals surface area contributed by atoms with E-state index in [0.29, 0.717) is 34.3 Å². The first-order valence-electron chi connectivity index (χ1n) is 9.36. The van der Waals surface area contributed by atoms with Crippen LogP contribution in [-0.2, 0) is 18.6 Å². The Labute approximate surface area is 175 Å². The van der Waals surface area contributed by atoms with Crippen molar-refractivity contribution in [2.45, 2.75) is 52.4 Å². The van der Waals surface area contributed by atoms with Crippen molar-refractivity contribution in [3.8, 4) is 0 Å². The standard InChI is InChI=1S/C22H22Cl2N2O2/c1-12(2)25-11-17-15(20(25)27)7-8-18(19(17)24)22(3,4)26-10-13-5-6-14(23)9-16(13)21(26)28/h5-9,12H,10-11H2,1-4H3. The van der Waals surface area contributed by atoms with Gasteiger partial charge in [0.05, 0.1) is 10.6 Å². The normalized spacial score (nSPS) is 16.2. The number of nitrogens with zero attached hydrogens (tertiary/aromatic N) is 2. The van der Waals surface area contributed by atoms with Gasteiger partial charge >= 0.3 is 0 Å². The van der Waals surface area contributed by atoms with E-state index in [1.54, 1.807) is 12.1 Å². The van der Waals surface area contributed by atoms with E-state index in [0.717, 1.165) is 16.7 Å². The summed E-state index contributed by atoms with van der Waals surface area (Å²) in [5.74, 6) is -0.0468. The van der Waals surface area contributed by atoms with Gasteiger partial charge < -0.3 is 9.80 Å². The molecule has 6 heteroatoms. The van der Waals surface area contributed by atoms with Crippen molar-refractivity contribution in [2.75, 3.05) is 0 Å². The molecule has 4 rings (SSSR count). The highest BCUT2D eigenvalue weighted by atomic mass is 35.5. The molecule has 0 N–H and O–H groups in total. The van der Waals surface area contributed by atoms with Crippen LogP contribution in [0.2, 0.25) is 10.0 Å². The lowest BCUT2D eigenvalue weighted by atomic mass is 9.89. The molecule has 0 bridgehead atoms. The molecule has 0 saturated heterocycles. The predicted molar refractivity (Wildman–Crippen MR) is 111 cm³/mol.